The molecule has 0 saturated carbocycles. The summed E-state index contributed by atoms with van der Waals surface area (Å²) >= 11 is 0. The smallest absolute Gasteiger partial charge is 0.282 e. The van der Waals surface area contributed by atoms with Crippen LogP contribution >= 0.6 is 0 Å². The van der Waals surface area contributed by atoms with Gasteiger partial charge < -0.3 is 0 Å². The SMILES string of the molecule is Cc1ccc(S(=O)(=O)O)c(C(C)c2ccccc2)c1. The van der Waals surface area contributed by atoms with E-state index in [0.717, 1.165) is 11.1 Å². The summed E-state index contributed by atoms with van der Waals surface area (Å²) < 4.78 is 32.2. The average Bonchev–Trinajstić information content (AvgIpc) is 2.37. The highest BCUT2D eigenvalue weighted by atomic mass is 32.2. The fraction of sp³-hybridized carbons (Fsp3) is 0.200. The zero-order chi connectivity index (χ0) is 14.0. The van der Waals surface area contributed by atoms with Gasteiger partial charge in [-0.15, -0.1) is 0 Å². The maximum Gasteiger partial charge on any atom is 0.294 e. The molecule has 2 rings (SSSR count). The molecule has 0 aliphatic carbocycles. The molecule has 0 aliphatic rings. The number of aryl methyl sites for hydroxylation is 1. The molecule has 2 aromatic rings. The lowest BCUT2D eigenvalue weighted by atomic mass is 9.92. The Bertz CT molecular complexity index is 676. The van der Waals surface area contributed by atoms with Gasteiger partial charge in [0, 0.05) is 5.92 Å². The van der Waals surface area contributed by atoms with Gasteiger partial charge in [0.25, 0.3) is 10.1 Å². The van der Waals surface area contributed by atoms with Gasteiger partial charge >= 0.3 is 0 Å². The maximum absolute atomic E-state index is 11.5. The molecule has 2 aromatic carbocycles. The first-order valence-corrected chi connectivity index (χ1v) is 7.46. The molecule has 3 nitrogen and oxygen atoms in total. The minimum atomic E-state index is -4.20. The predicted molar refractivity (Wildman–Crippen MR) is 75.0 cm³/mol. The Labute approximate surface area is 113 Å². The molecule has 0 heterocycles. The molecular formula is C15H16O3S. The molecule has 0 aromatic heterocycles. The van der Waals surface area contributed by atoms with Crippen LogP contribution in [0.5, 0.6) is 0 Å². The molecule has 1 N–H and O–H groups in total. The van der Waals surface area contributed by atoms with E-state index in [0.29, 0.717) is 5.56 Å². The van der Waals surface area contributed by atoms with Crippen LogP contribution in [0.2, 0.25) is 0 Å². The van der Waals surface area contributed by atoms with Crippen molar-refractivity contribution < 1.29 is 13.0 Å². The minimum absolute atomic E-state index is 0.0190. The van der Waals surface area contributed by atoms with E-state index in [-0.39, 0.29) is 10.8 Å². The van der Waals surface area contributed by atoms with E-state index >= 15 is 0 Å². The van der Waals surface area contributed by atoms with Crippen molar-refractivity contribution in [1.82, 2.24) is 0 Å². The van der Waals surface area contributed by atoms with E-state index in [1.807, 2.05) is 44.2 Å². The summed E-state index contributed by atoms with van der Waals surface area (Å²) in [6.45, 7) is 3.83. The summed E-state index contributed by atoms with van der Waals surface area (Å²) in [4.78, 5) is -0.0190. The Kier molecular flexibility index (Phi) is 3.73. The lowest BCUT2D eigenvalue weighted by Gasteiger charge is -2.16. The van der Waals surface area contributed by atoms with Gasteiger partial charge in [-0.25, -0.2) is 0 Å². The highest BCUT2D eigenvalue weighted by molar-refractivity contribution is 7.85. The van der Waals surface area contributed by atoms with Crippen molar-refractivity contribution in [1.29, 1.82) is 0 Å². The van der Waals surface area contributed by atoms with Crippen LogP contribution < -0.4 is 0 Å². The molecule has 0 spiro atoms. The van der Waals surface area contributed by atoms with Crippen LogP contribution in [-0.2, 0) is 10.1 Å². The predicted octanol–water partition coefficient (Wildman–Crippen LogP) is 3.39. The second kappa shape index (κ2) is 5.15. The van der Waals surface area contributed by atoms with Crippen LogP contribution in [-0.4, -0.2) is 13.0 Å². The Balaban J connectivity index is 2.59. The van der Waals surface area contributed by atoms with Crippen LogP contribution in [0, 0.1) is 6.92 Å². The van der Waals surface area contributed by atoms with Gasteiger partial charge in [0.1, 0.15) is 0 Å². The Morgan fingerprint density at radius 2 is 1.68 bits per heavy atom. The molecule has 0 bridgehead atoms. The molecule has 19 heavy (non-hydrogen) atoms. The molecule has 0 saturated heterocycles. The minimum Gasteiger partial charge on any atom is -0.282 e. The standard InChI is InChI=1S/C15H16O3S/c1-11-8-9-15(19(16,17)18)14(10-11)12(2)13-6-4-3-5-7-13/h3-10,12H,1-2H3,(H,16,17,18). The van der Waals surface area contributed by atoms with Crippen molar-refractivity contribution in [3.63, 3.8) is 0 Å². The van der Waals surface area contributed by atoms with E-state index in [1.54, 1.807) is 12.1 Å². The third-order valence-corrected chi connectivity index (χ3v) is 4.14. The van der Waals surface area contributed by atoms with Crippen LogP contribution in [0.25, 0.3) is 0 Å². The molecule has 100 valence electrons. The first-order valence-electron chi connectivity index (χ1n) is 6.02. The van der Waals surface area contributed by atoms with Gasteiger partial charge in [-0.05, 0) is 24.1 Å². The molecule has 4 heteroatoms. The lowest BCUT2D eigenvalue weighted by Crippen LogP contribution is -2.07. The molecule has 0 radical (unpaired) electrons. The summed E-state index contributed by atoms with van der Waals surface area (Å²) in [6, 6.07) is 14.6. The molecule has 0 amide bonds. The van der Waals surface area contributed by atoms with Crippen molar-refractivity contribution in [3.8, 4) is 0 Å². The maximum atomic E-state index is 11.5. The summed E-state index contributed by atoms with van der Waals surface area (Å²) in [7, 11) is -4.20. The molecular weight excluding hydrogens is 260 g/mol. The molecule has 0 aliphatic heterocycles. The number of rotatable bonds is 3. The fourth-order valence-corrected chi connectivity index (χ4v) is 2.94. The summed E-state index contributed by atoms with van der Waals surface area (Å²) in [5.74, 6) is -0.0991. The van der Waals surface area contributed by atoms with Crippen molar-refractivity contribution in [2.75, 3.05) is 0 Å². The van der Waals surface area contributed by atoms with Gasteiger partial charge in [-0.1, -0.05) is 55.0 Å². The first-order chi connectivity index (χ1) is 8.89. The van der Waals surface area contributed by atoms with E-state index in [2.05, 4.69) is 0 Å². The highest BCUT2D eigenvalue weighted by Crippen LogP contribution is 2.30. The van der Waals surface area contributed by atoms with Crippen LogP contribution in [0.1, 0.15) is 29.5 Å². The van der Waals surface area contributed by atoms with Gasteiger partial charge in [-0.2, -0.15) is 8.42 Å². The third kappa shape index (κ3) is 3.03. The molecule has 1 unspecified atom stereocenters. The third-order valence-electron chi connectivity index (χ3n) is 3.21. The average molecular weight is 276 g/mol. The van der Waals surface area contributed by atoms with Gasteiger partial charge in [0.05, 0.1) is 4.90 Å². The zero-order valence-corrected chi connectivity index (χ0v) is 11.7. The highest BCUT2D eigenvalue weighted by Gasteiger charge is 2.20. The molecule has 1 atom stereocenters. The monoisotopic (exact) mass is 276 g/mol. The fourth-order valence-electron chi connectivity index (χ4n) is 2.16. The second-order valence-electron chi connectivity index (χ2n) is 4.65. The quantitative estimate of drug-likeness (QED) is 0.874. The van der Waals surface area contributed by atoms with Crippen molar-refractivity contribution in [2.45, 2.75) is 24.7 Å². The normalized spacial score (nSPS) is 13.2. The first kappa shape index (κ1) is 13.8. The number of hydrogen-bond acceptors (Lipinski definition) is 2. The zero-order valence-electron chi connectivity index (χ0n) is 10.9. The van der Waals surface area contributed by atoms with Crippen LogP contribution in [0.4, 0.5) is 0 Å². The Morgan fingerprint density at radius 3 is 2.26 bits per heavy atom. The largest absolute Gasteiger partial charge is 0.294 e. The number of hydrogen-bond donors (Lipinski definition) is 1. The summed E-state index contributed by atoms with van der Waals surface area (Å²) in [5.41, 5.74) is 2.59. The van der Waals surface area contributed by atoms with Gasteiger partial charge in [0.15, 0.2) is 0 Å². The van der Waals surface area contributed by atoms with E-state index in [4.69, 9.17) is 0 Å². The van der Waals surface area contributed by atoms with Crippen LogP contribution in [0.3, 0.4) is 0 Å². The number of benzene rings is 2. The lowest BCUT2D eigenvalue weighted by molar-refractivity contribution is 0.481. The Morgan fingerprint density at radius 1 is 1.05 bits per heavy atom. The Hall–Kier alpha value is -1.65. The second-order valence-corrected chi connectivity index (χ2v) is 6.04. The van der Waals surface area contributed by atoms with Crippen LogP contribution in [0.15, 0.2) is 53.4 Å². The summed E-state index contributed by atoms with van der Waals surface area (Å²) in [5, 5.41) is 0. The van der Waals surface area contributed by atoms with E-state index < -0.39 is 10.1 Å². The topological polar surface area (TPSA) is 54.4 Å². The van der Waals surface area contributed by atoms with E-state index in [1.165, 1.54) is 6.07 Å². The van der Waals surface area contributed by atoms with E-state index in [9.17, 15) is 13.0 Å². The van der Waals surface area contributed by atoms with Crippen molar-refractivity contribution in [2.24, 2.45) is 0 Å². The molecule has 0 fully saturated rings. The van der Waals surface area contributed by atoms with Gasteiger partial charge in [-0.3, -0.25) is 4.55 Å². The van der Waals surface area contributed by atoms with Crippen molar-refractivity contribution >= 4 is 10.1 Å². The van der Waals surface area contributed by atoms with Crippen molar-refractivity contribution in [3.05, 3.63) is 65.2 Å². The summed E-state index contributed by atoms with van der Waals surface area (Å²) in [6.07, 6.45) is 0. The van der Waals surface area contributed by atoms with Gasteiger partial charge in [0.2, 0.25) is 0 Å².